The van der Waals surface area contributed by atoms with Crippen molar-refractivity contribution >= 4 is 5.69 Å². The predicted molar refractivity (Wildman–Crippen MR) is 90.4 cm³/mol. The van der Waals surface area contributed by atoms with Crippen molar-refractivity contribution in [3.8, 4) is 0 Å². The van der Waals surface area contributed by atoms with E-state index >= 15 is 0 Å². The quantitative estimate of drug-likeness (QED) is 0.811. The minimum atomic E-state index is 0.408. The lowest BCUT2D eigenvalue weighted by Crippen LogP contribution is -2.30. The highest BCUT2D eigenvalue weighted by Gasteiger charge is 2.21. The van der Waals surface area contributed by atoms with Gasteiger partial charge in [0, 0.05) is 36.1 Å². The summed E-state index contributed by atoms with van der Waals surface area (Å²) in [6.45, 7) is 14.4. The third-order valence-corrected chi connectivity index (χ3v) is 4.62. The largest absolute Gasteiger partial charge is 0.371 e. The second-order valence-electron chi connectivity index (χ2n) is 6.17. The van der Waals surface area contributed by atoms with Gasteiger partial charge in [-0.2, -0.15) is 0 Å². The van der Waals surface area contributed by atoms with Gasteiger partial charge in [0.05, 0.1) is 0 Å². The maximum absolute atomic E-state index is 4.15. The Bertz CT molecular complexity index is 558. The maximum Gasteiger partial charge on any atom is 0.0366 e. The van der Waals surface area contributed by atoms with E-state index in [1.165, 1.54) is 16.8 Å². The van der Waals surface area contributed by atoms with Crippen LogP contribution in [0.4, 0.5) is 5.69 Å². The molecule has 110 valence electrons. The number of hydrogen-bond donors (Lipinski definition) is 1. The molecule has 0 aliphatic carbocycles. The Balaban J connectivity index is 1.70. The average molecular weight is 280 g/mol. The first kappa shape index (κ1) is 14.0. The average Bonchev–Trinajstić information content (AvgIpc) is 2.48. The number of hydrogen-bond acceptors (Lipinski definition) is 2. The molecule has 2 nitrogen and oxygen atoms in total. The van der Waals surface area contributed by atoms with Gasteiger partial charge in [-0.3, -0.25) is 0 Å². The van der Waals surface area contributed by atoms with E-state index in [0.29, 0.717) is 5.92 Å². The first-order valence-electron chi connectivity index (χ1n) is 7.78. The number of allylic oxidation sites excluding steroid dienone is 2. The van der Waals surface area contributed by atoms with E-state index in [4.69, 9.17) is 0 Å². The first-order chi connectivity index (χ1) is 10.1. The molecule has 0 spiro atoms. The molecule has 2 aliphatic rings. The van der Waals surface area contributed by atoms with E-state index in [1.54, 1.807) is 0 Å². The zero-order valence-corrected chi connectivity index (χ0v) is 12.7. The van der Waals surface area contributed by atoms with E-state index in [1.807, 2.05) is 0 Å². The Hall–Kier alpha value is -1.96. The second-order valence-corrected chi connectivity index (χ2v) is 6.17. The zero-order chi connectivity index (χ0) is 14.8. The second kappa shape index (κ2) is 5.80. The van der Waals surface area contributed by atoms with E-state index in [9.17, 15) is 0 Å². The van der Waals surface area contributed by atoms with Crippen LogP contribution in [0.2, 0.25) is 0 Å². The fourth-order valence-corrected chi connectivity index (χ4v) is 3.24. The van der Waals surface area contributed by atoms with Gasteiger partial charge in [-0.1, -0.05) is 37.4 Å². The molecule has 2 heterocycles. The fraction of sp³-hybridized carbons (Fsp3) is 0.368. The molecule has 0 aromatic heterocycles. The summed E-state index contributed by atoms with van der Waals surface area (Å²) in [5.41, 5.74) is 6.22. The van der Waals surface area contributed by atoms with Crippen molar-refractivity contribution in [1.29, 1.82) is 0 Å². The Morgan fingerprint density at radius 3 is 2.24 bits per heavy atom. The Morgan fingerprint density at radius 1 is 0.952 bits per heavy atom. The summed E-state index contributed by atoms with van der Waals surface area (Å²) < 4.78 is 0. The summed E-state index contributed by atoms with van der Waals surface area (Å²) in [6.07, 6.45) is 4.37. The van der Waals surface area contributed by atoms with Crippen LogP contribution >= 0.6 is 0 Å². The van der Waals surface area contributed by atoms with Crippen LogP contribution in [0, 0.1) is 0 Å². The number of rotatable bonds is 2. The third kappa shape index (κ3) is 3.05. The van der Waals surface area contributed by atoms with Crippen LogP contribution in [0.25, 0.3) is 0 Å². The molecule has 2 fully saturated rings. The van der Waals surface area contributed by atoms with Gasteiger partial charge in [0.1, 0.15) is 0 Å². The minimum absolute atomic E-state index is 0.408. The zero-order valence-electron chi connectivity index (χ0n) is 12.7. The van der Waals surface area contributed by atoms with E-state index < -0.39 is 0 Å². The Morgan fingerprint density at radius 2 is 1.62 bits per heavy atom. The van der Waals surface area contributed by atoms with Gasteiger partial charge in [-0.25, -0.2) is 0 Å². The highest BCUT2D eigenvalue weighted by atomic mass is 15.1. The lowest BCUT2D eigenvalue weighted by molar-refractivity contribution is 0.593. The number of anilines is 1. The highest BCUT2D eigenvalue weighted by molar-refractivity contribution is 5.50. The number of nitrogens with zero attached hydrogens (tertiary/aromatic N) is 1. The third-order valence-electron chi connectivity index (χ3n) is 4.62. The van der Waals surface area contributed by atoms with Crippen LogP contribution in [0.1, 0.15) is 37.2 Å². The van der Waals surface area contributed by atoms with E-state index in [0.717, 1.165) is 50.2 Å². The molecule has 0 bridgehead atoms. The van der Waals surface area contributed by atoms with Crippen molar-refractivity contribution in [2.24, 2.45) is 0 Å². The molecule has 1 aromatic rings. The van der Waals surface area contributed by atoms with Crippen LogP contribution in [0.5, 0.6) is 0 Å². The van der Waals surface area contributed by atoms with Crippen molar-refractivity contribution in [2.45, 2.75) is 31.6 Å². The minimum Gasteiger partial charge on any atom is -0.371 e. The van der Waals surface area contributed by atoms with Crippen LogP contribution in [0.15, 0.2) is 61.0 Å². The lowest BCUT2D eigenvalue weighted by Gasteiger charge is -2.31. The number of piperidine rings is 2. The molecule has 1 aromatic carbocycles. The molecule has 2 saturated heterocycles. The van der Waals surface area contributed by atoms with Crippen molar-refractivity contribution < 1.29 is 0 Å². The van der Waals surface area contributed by atoms with Gasteiger partial charge < -0.3 is 10.2 Å². The summed E-state index contributed by atoms with van der Waals surface area (Å²) in [7, 11) is 0. The number of nitrogens with one attached hydrogen (secondary N) is 1. The standard InChI is InChI=1S/C19H24N2/c1-14-10-12-21(13-11-14)18-7-5-17(6-8-18)19-9-4-15(2)20-16(19)3/h5-8,19-20H,1-4,9-13H2. The summed E-state index contributed by atoms with van der Waals surface area (Å²) in [5.74, 6) is 0.408. The van der Waals surface area contributed by atoms with Gasteiger partial charge in [-0.05, 0) is 43.4 Å². The van der Waals surface area contributed by atoms with Gasteiger partial charge in [-0.15, -0.1) is 0 Å². The molecule has 21 heavy (non-hydrogen) atoms. The molecule has 1 unspecified atom stereocenters. The van der Waals surface area contributed by atoms with Crippen molar-refractivity contribution in [3.05, 3.63) is 66.5 Å². The van der Waals surface area contributed by atoms with E-state index in [-0.39, 0.29) is 0 Å². The summed E-state index contributed by atoms with van der Waals surface area (Å²) in [4.78, 5) is 2.45. The SMILES string of the molecule is C=C1CCN(c2ccc(C3CCC(=C)NC3=C)cc2)CC1. The van der Waals surface area contributed by atoms with Gasteiger partial charge in [0.2, 0.25) is 0 Å². The summed E-state index contributed by atoms with van der Waals surface area (Å²) >= 11 is 0. The van der Waals surface area contributed by atoms with Crippen molar-refractivity contribution in [3.63, 3.8) is 0 Å². The molecule has 3 rings (SSSR count). The Labute approximate surface area is 127 Å². The van der Waals surface area contributed by atoms with Crippen molar-refractivity contribution in [2.75, 3.05) is 18.0 Å². The van der Waals surface area contributed by atoms with Gasteiger partial charge in [0.15, 0.2) is 0 Å². The normalized spacial score (nSPS) is 23.1. The summed E-state index contributed by atoms with van der Waals surface area (Å²) in [5, 5.41) is 3.30. The topological polar surface area (TPSA) is 15.3 Å². The van der Waals surface area contributed by atoms with Crippen LogP contribution in [-0.4, -0.2) is 13.1 Å². The van der Waals surface area contributed by atoms with E-state index in [2.05, 4.69) is 54.2 Å². The van der Waals surface area contributed by atoms with Gasteiger partial charge in [0.25, 0.3) is 0 Å². The summed E-state index contributed by atoms with van der Waals surface area (Å²) in [6, 6.07) is 9.01. The van der Waals surface area contributed by atoms with Gasteiger partial charge >= 0.3 is 0 Å². The molecule has 1 N–H and O–H groups in total. The maximum atomic E-state index is 4.15. The Kier molecular flexibility index (Phi) is 3.87. The van der Waals surface area contributed by atoms with Crippen LogP contribution in [-0.2, 0) is 0 Å². The monoisotopic (exact) mass is 280 g/mol. The highest BCUT2D eigenvalue weighted by Crippen LogP contribution is 2.33. The molecule has 2 aliphatic heterocycles. The lowest BCUT2D eigenvalue weighted by atomic mass is 9.88. The molecule has 0 saturated carbocycles. The molecular weight excluding hydrogens is 256 g/mol. The molecule has 1 atom stereocenters. The van der Waals surface area contributed by atoms with Crippen molar-refractivity contribution in [1.82, 2.24) is 5.32 Å². The smallest absolute Gasteiger partial charge is 0.0366 e. The molecule has 0 radical (unpaired) electrons. The first-order valence-corrected chi connectivity index (χ1v) is 7.78. The molecule has 0 amide bonds. The van der Waals surface area contributed by atoms with Crippen LogP contribution in [0.3, 0.4) is 0 Å². The predicted octanol–water partition coefficient (Wildman–Crippen LogP) is 4.34. The number of benzene rings is 1. The van der Waals surface area contributed by atoms with Crippen LogP contribution < -0.4 is 10.2 Å². The molecule has 2 heteroatoms. The molecular formula is C19H24N2. The fourth-order valence-electron chi connectivity index (χ4n) is 3.24.